The van der Waals surface area contributed by atoms with Gasteiger partial charge in [-0.25, -0.2) is 4.98 Å². The first-order chi connectivity index (χ1) is 14.1. The molecule has 5 nitrogen and oxygen atoms in total. The third-order valence-electron chi connectivity index (χ3n) is 4.32. The predicted octanol–water partition coefficient (Wildman–Crippen LogP) is 5.25. The van der Waals surface area contributed by atoms with Crippen molar-refractivity contribution in [1.29, 1.82) is 0 Å². The van der Waals surface area contributed by atoms with Crippen molar-refractivity contribution >= 4 is 44.8 Å². The van der Waals surface area contributed by atoms with Crippen LogP contribution in [0.2, 0.25) is 5.02 Å². The number of rotatable bonds is 5. The molecular weight excluding hydrogens is 476 g/mol. The van der Waals surface area contributed by atoms with Crippen LogP contribution in [0, 0.1) is 0 Å². The fraction of sp³-hybridized carbons (Fsp3) is 0.238. The number of ether oxygens (including phenoxy) is 2. The SMILES string of the molecule is O=C(Cc1csc(-c2cccc(Br)c2)n1)NCc1cc(Cl)c2c(c1)OCCCO2. The van der Waals surface area contributed by atoms with Gasteiger partial charge in [0, 0.05) is 28.4 Å². The number of benzene rings is 2. The zero-order chi connectivity index (χ0) is 20.2. The maximum Gasteiger partial charge on any atom is 0.226 e. The van der Waals surface area contributed by atoms with Gasteiger partial charge in [-0.1, -0.05) is 39.7 Å². The molecule has 150 valence electrons. The minimum Gasteiger partial charge on any atom is -0.489 e. The third-order valence-corrected chi connectivity index (χ3v) is 6.03. The largest absolute Gasteiger partial charge is 0.489 e. The molecule has 0 bridgehead atoms. The van der Waals surface area contributed by atoms with E-state index in [0.29, 0.717) is 36.3 Å². The average molecular weight is 494 g/mol. The fourth-order valence-corrected chi connectivity index (χ4v) is 4.46. The Morgan fingerprint density at radius 2 is 2.10 bits per heavy atom. The molecule has 0 radical (unpaired) electrons. The quantitative estimate of drug-likeness (QED) is 0.528. The number of hydrogen-bond donors (Lipinski definition) is 1. The van der Waals surface area contributed by atoms with Crippen molar-refractivity contribution in [3.8, 4) is 22.1 Å². The Balaban J connectivity index is 1.37. The molecule has 0 saturated carbocycles. The molecule has 2 heterocycles. The Bertz CT molecular complexity index is 1040. The summed E-state index contributed by atoms with van der Waals surface area (Å²) < 4.78 is 12.3. The molecule has 29 heavy (non-hydrogen) atoms. The number of amides is 1. The molecular formula is C21H18BrClN2O3S. The maximum atomic E-state index is 12.4. The normalized spacial score (nSPS) is 13.0. The lowest BCUT2D eigenvalue weighted by Crippen LogP contribution is -2.24. The second-order valence-corrected chi connectivity index (χ2v) is 8.74. The van der Waals surface area contributed by atoms with Gasteiger partial charge >= 0.3 is 0 Å². The predicted molar refractivity (Wildman–Crippen MR) is 118 cm³/mol. The van der Waals surface area contributed by atoms with E-state index in [9.17, 15) is 4.79 Å². The van der Waals surface area contributed by atoms with Gasteiger partial charge in [-0.15, -0.1) is 11.3 Å². The van der Waals surface area contributed by atoms with Crippen LogP contribution < -0.4 is 14.8 Å². The Hall–Kier alpha value is -2.09. The summed E-state index contributed by atoms with van der Waals surface area (Å²) in [6.45, 7) is 1.53. The van der Waals surface area contributed by atoms with Crippen LogP contribution in [-0.4, -0.2) is 24.1 Å². The molecule has 0 atom stereocenters. The first-order valence-corrected chi connectivity index (χ1v) is 11.2. The van der Waals surface area contributed by atoms with Crippen LogP contribution in [0.25, 0.3) is 10.6 Å². The molecule has 1 aromatic heterocycles. The maximum absolute atomic E-state index is 12.4. The summed E-state index contributed by atoms with van der Waals surface area (Å²) >= 11 is 11.3. The molecule has 1 N–H and O–H groups in total. The standard InChI is InChI=1S/C21H18BrClN2O3S/c22-15-4-1-3-14(9-15)21-25-16(12-29-21)10-19(26)24-11-13-7-17(23)20-18(8-13)27-5-2-6-28-20/h1,3-4,7-9,12H,2,5-6,10-11H2,(H,24,26). The van der Waals surface area contributed by atoms with E-state index in [1.807, 2.05) is 35.7 Å². The lowest BCUT2D eigenvalue weighted by Gasteiger charge is -2.12. The Morgan fingerprint density at radius 3 is 2.97 bits per heavy atom. The highest BCUT2D eigenvalue weighted by Gasteiger charge is 2.16. The van der Waals surface area contributed by atoms with Crippen molar-refractivity contribution in [3.05, 3.63) is 62.5 Å². The highest BCUT2D eigenvalue weighted by molar-refractivity contribution is 9.10. The number of nitrogens with one attached hydrogen (secondary N) is 1. The van der Waals surface area contributed by atoms with E-state index in [0.717, 1.165) is 32.7 Å². The first-order valence-electron chi connectivity index (χ1n) is 9.13. The molecule has 0 unspecified atom stereocenters. The van der Waals surface area contributed by atoms with E-state index in [-0.39, 0.29) is 12.3 Å². The van der Waals surface area contributed by atoms with Crippen LogP contribution in [0.5, 0.6) is 11.5 Å². The van der Waals surface area contributed by atoms with E-state index in [1.165, 1.54) is 11.3 Å². The lowest BCUT2D eigenvalue weighted by molar-refractivity contribution is -0.120. The van der Waals surface area contributed by atoms with Crippen molar-refractivity contribution in [2.75, 3.05) is 13.2 Å². The van der Waals surface area contributed by atoms with Crippen LogP contribution in [0.4, 0.5) is 0 Å². The van der Waals surface area contributed by atoms with Gasteiger partial charge in [0.15, 0.2) is 11.5 Å². The zero-order valence-electron chi connectivity index (χ0n) is 15.4. The van der Waals surface area contributed by atoms with E-state index in [4.69, 9.17) is 21.1 Å². The fourth-order valence-electron chi connectivity index (χ4n) is 2.96. The van der Waals surface area contributed by atoms with Crippen LogP contribution in [0.3, 0.4) is 0 Å². The monoisotopic (exact) mass is 492 g/mol. The molecule has 2 aromatic carbocycles. The number of fused-ring (bicyclic) bond motifs is 1. The molecule has 1 aliphatic rings. The molecule has 1 amide bonds. The summed E-state index contributed by atoms with van der Waals surface area (Å²) in [7, 11) is 0. The van der Waals surface area contributed by atoms with Gasteiger partial charge in [0.25, 0.3) is 0 Å². The van der Waals surface area contributed by atoms with Gasteiger partial charge in [0.1, 0.15) is 5.01 Å². The minimum atomic E-state index is -0.0978. The van der Waals surface area contributed by atoms with E-state index in [2.05, 4.69) is 26.2 Å². The van der Waals surface area contributed by atoms with Gasteiger partial charge in [-0.3, -0.25) is 4.79 Å². The average Bonchev–Trinajstić information content (AvgIpc) is 3.02. The minimum absolute atomic E-state index is 0.0978. The number of hydrogen-bond acceptors (Lipinski definition) is 5. The van der Waals surface area contributed by atoms with Crippen molar-refractivity contribution < 1.29 is 14.3 Å². The number of nitrogens with zero attached hydrogens (tertiary/aromatic N) is 1. The molecule has 0 spiro atoms. The van der Waals surface area contributed by atoms with Gasteiger partial charge < -0.3 is 14.8 Å². The van der Waals surface area contributed by atoms with Crippen molar-refractivity contribution in [2.45, 2.75) is 19.4 Å². The molecule has 0 saturated heterocycles. The zero-order valence-corrected chi connectivity index (χ0v) is 18.6. The van der Waals surface area contributed by atoms with Crippen LogP contribution in [0.1, 0.15) is 17.7 Å². The Kier molecular flexibility index (Phi) is 6.37. The second kappa shape index (κ2) is 9.15. The smallest absolute Gasteiger partial charge is 0.226 e. The van der Waals surface area contributed by atoms with Crippen LogP contribution >= 0.6 is 38.9 Å². The molecule has 3 aromatic rings. The molecule has 4 rings (SSSR count). The van der Waals surface area contributed by atoms with Gasteiger partial charge in [0.2, 0.25) is 5.91 Å². The Morgan fingerprint density at radius 1 is 1.24 bits per heavy atom. The van der Waals surface area contributed by atoms with E-state index >= 15 is 0 Å². The summed E-state index contributed by atoms with van der Waals surface area (Å²) in [5, 5.41) is 6.22. The topological polar surface area (TPSA) is 60.5 Å². The van der Waals surface area contributed by atoms with Gasteiger partial charge in [0.05, 0.1) is 30.4 Å². The van der Waals surface area contributed by atoms with Crippen molar-refractivity contribution in [1.82, 2.24) is 10.3 Å². The summed E-state index contributed by atoms with van der Waals surface area (Å²) in [6, 6.07) is 11.6. The van der Waals surface area contributed by atoms with E-state index < -0.39 is 0 Å². The number of halogens is 2. The van der Waals surface area contributed by atoms with Gasteiger partial charge in [-0.2, -0.15) is 0 Å². The summed E-state index contributed by atoms with van der Waals surface area (Å²) in [5.74, 6) is 1.10. The highest BCUT2D eigenvalue weighted by Crippen LogP contribution is 2.38. The van der Waals surface area contributed by atoms with Crippen molar-refractivity contribution in [2.24, 2.45) is 0 Å². The number of thiazole rings is 1. The summed E-state index contributed by atoms with van der Waals surface area (Å²) in [6.07, 6.45) is 1.04. The molecule has 0 fully saturated rings. The van der Waals surface area contributed by atoms with E-state index in [1.54, 1.807) is 6.07 Å². The molecule has 0 aliphatic carbocycles. The summed E-state index contributed by atoms with van der Waals surface area (Å²) in [4.78, 5) is 16.9. The third kappa shape index (κ3) is 5.10. The molecule has 8 heteroatoms. The van der Waals surface area contributed by atoms with Crippen LogP contribution in [0.15, 0.2) is 46.3 Å². The lowest BCUT2D eigenvalue weighted by atomic mass is 10.2. The molecule has 1 aliphatic heterocycles. The summed E-state index contributed by atoms with van der Waals surface area (Å²) in [5.41, 5.74) is 2.64. The van der Waals surface area contributed by atoms with Crippen LogP contribution in [-0.2, 0) is 17.8 Å². The number of aromatic nitrogens is 1. The van der Waals surface area contributed by atoms with Crippen molar-refractivity contribution in [3.63, 3.8) is 0 Å². The second-order valence-electron chi connectivity index (χ2n) is 6.56. The van der Waals surface area contributed by atoms with Gasteiger partial charge in [-0.05, 0) is 29.8 Å². The number of carbonyl (C=O) groups excluding carboxylic acids is 1. The highest BCUT2D eigenvalue weighted by atomic mass is 79.9. The number of carbonyl (C=O) groups is 1. The Labute approximate surface area is 186 Å². The first kappa shape index (κ1) is 20.2.